The molecule has 0 saturated carbocycles. The van der Waals surface area contributed by atoms with E-state index in [0.29, 0.717) is 27.9 Å². The highest BCUT2D eigenvalue weighted by Gasteiger charge is 2.20. The minimum atomic E-state index is 0.188. The fraction of sp³-hybridized carbons (Fsp3) is 0.111. The third kappa shape index (κ3) is 2.82. The van der Waals surface area contributed by atoms with Crippen molar-refractivity contribution in [2.24, 2.45) is 0 Å². The predicted molar refractivity (Wildman–Crippen MR) is 99.0 cm³/mol. The van der Waals surface area contributed by atoms with Crippen molar-refractivity contribution in [3.8, 4) is 28.7 Å². The Balaban J connectivity index is 1.74. The lowest BCUT2D eigenvalue weighted by Gasteiger charge is -2.05. The number of rotatable bonds is 3. The van der Waals surface area contributed by atoms with E-state index in [1.807, 2.05) is 44.2 Å². The monoisotopic (exact) mass is 366 g/mol. The van der Waals surface area contributed by atoms with Crippen molar-refractivity contribution >= 4 is 17.4 Å². The third-order valence-corrected chi connectivity index (χ3v) is 4.23. The normalized spacial score (nSPS) is 11.0. The zero-order chi connectivity index (χ0) is 18.3. The Hall–Kier alpha value is -3.19. The van der Waals surface area contributed by atoms with Crippen LogP contribution in [0.4, 0.5) is 5.82 Å². The summed E-state index contributed by atoms with van der Waals surface area (Å²) in [6.07, 6.45) is 0. The summed E-state index contributed by atoms with van der Waals surface area (Å²) in [5.74, 6) is 0.878. The van der Waals surface area contributed by atoms with Crippen molar-refractivity contribution < 1.29 is 4.52 Å². The van der Waals surface area contributed by atoms with Crippen molar-refractivity contribution in [1.29, 1.82) is 0 Å². The molecule has 0 saturated heterocycles. The van der Waals surface area contributed by atoms with E-state index in [9.17, 15) is 0 Å². The van der Waals surface area contributed by atoms with Gasteiger partial charge in [-0.3, -0.25) is 0 Å². The van der Waals surface area contributed by atoms with Crippen LogP contribution >= 0.6 is 11.6 Å². The Bertz CT molecular complexity index is 1080. The Kier molecular flexibility index (Phi) is 3.93. The molecule has 2 N–H and O–H groups in total. The number of aromatic nitrogens is 5. The number of nitrogens with two attached hydrogens (primary N) is 1. The second kappa shape index (κ2) is 6.27. The van der Waals surface area contributed by atoms with Crippen LogP contribution in [0.3, 0.4) is 0 Å². The molecule has 130 valence electrons. The highest BCUT2D eigenvalue weighted by molar-refractivity contribution is 6.33. The highest BCUT2D eigenvalue weighted by atomic mass is 35.5. The second-order valence-corrected chi connectivity index (χ2v) is 6.39. The maximum atomic E-state index is 6.23. The van der Waals surface area contributed by atoms with Gasteiger partial charge in [0.15, 0.2) is 11.5 Å². The van der Waals surface area contributed by atoms with Crippen molar-refractivity contribution in [2.45, 2.75) is 13.8 Å². The van der Waals surface area contributed by atoms with Gasteiger partial charge in [-0.15, -0.1) is 5.10 Å². The molecular weight excluding hydrogens is 352 g/mol. The quantitative estimate of drug-likeness (QED) is 0.591. The van der Waals surface area contributed by atoms with E-state index >= 15 is 0 Å². The van der Waals surface area contributed by atoms with Gasteiger partial charge in [0, 0.05) is 5.56 Å². The Labute approximate surface area is 154 Å². The van der Waals surface area contributed by atoms with Crippen LogP contribution < -0.4 is 5.73 Å². The molecule has 2 aromatic carbocycles. The Morgan fingerprint density at radius 3 is 2.54 bits per heavy atom. The minimum absolute atomic E-state index is 0.188. The summed E-state index contributed by atoms with van der Waals surface area (Å²) in [5, 5.41) is 12.7. The molecule has 8 heteroatoms. The molecule has 0 fully saturated rings. The fourth-order valence-corrected chi connectivity index (χ4v) is 3.00. The van der Waals surface area contributed by atoms with Crippen molar-refractivity contribution in [2.75, 3.05) is 5.73 Å². The first-order valence-electron chi connectivity index (χ1n) is 7.92. The van der Waals surface area contributed by atoms with E-state index in [0.717, 1.165) is 16.8 Å². The molecule has 0 aliphatic rings. The molecule has 0 spiro atoms. The molecule has 0 amide bonds. The number of benzene rings is 2. The van der Waals surface area contributed by atoms with E-state index < -0.39 is 0 Å². The summed E-state index contributed by atoms with van der Waals surface area (Å²) in [7, 11) is 0. The van der Waals surface area contributed by atoms with Crippen molar-refractivity contribution in [1.82, 2.24) is 25.1 Å². The molecule has 0 unspecified atom stereocenters. The lowest BCUT2D eigenvalue weighted by Crippen LogP contribution is -2.03. The molecular formula is C18H15ClN6O. The summed E-state index contributed by atoms with van der Waals surface area (Å²) in [4.78, 5) is 4.36. The highest BCUT2D eigenvalue weighted by Crippen LogP contribution is 2.29. The van der Waals surface area contributed by atoms with E-state index in [1.54, 1.807) is 10.7 Å². The largest absolute Gasteiger partial charge is 0.382 e. The summed E-state index contributed by atoms with van der Waals surface area (Å²) in [6, 6.07) is 13.3. The summed E-state index contributed by atoms with van der Waals surface area (Å²) in [5.41, 5.74) is 10.3. The summed E-state index contributed by atoms with van der Waals surface area (Å²) < 4.78 is 6.87. The van der Waals surface area contributed by atoms with Crippen LogP contribution in [0.1, 0.15) is 11.1 Å². The average molecular weight is 367 g/mol. The molecule has 0 atom stereocenters. The van der Waals surface area contributed by atoms with E-state index in [4.69, 9.17) is 21.9 Å². The van der Waals surface area contributed by atoms with Gasteiger partial charge in [-0.1, -0.05) is 40.2 Å². The Morgan fingerprint density at radius 2 is 1.81 bits per heavy atom. The number of anilines is 1. The SMILES string of the molecule is Cc1cc(C)cc(-n2nnc(-c3nc(-c4ccccc4Cl)no3)c2N)c1. The number of aryl methyl sites for hydroxylation is 2. The first-order chi connectivity index (χ1) is 12.5. The zero-order valence-corrected chi connectivity index (χ0v) is 14.9. The van der Waals surface area contributed by atoms with Crippen LogP contribution in [0.5, 0.6) is 0 Å². The van der Waals surface area contributed by atoms with Gasteiger partial charge in [-0.05, 0) is 49.2 Å². The van der Waals surface area contributed by atoms with E-state index in [-0.39, 0.29) is 5.89 Å². The van der Waals surface area contributed by atoms with E-state index in [2.05, 4.69) is 26.5 Å². The first-order valence-corrected chi connectivity index (χ1v) is 8.29. The van der Waals surface area contributed by atoms with Gasteiger partial charge in [0.05, 0.1) is 10.7 Å². The topological polar surface area (TPSA) is 95.6 Å². The molecule has 0 radical (unpaired) electrons. The molecule has 7 nitrogen and oxygen atoms in total. The second-order valence-electron chi connectivity index (χ2n) is 5.98. The molecule has 0 bridgehead atoms. The van der Waals surface area contributed by atoms with Gasteiger partial charge >= 0.3 is 0 Å². The van der Waals surface area contributed by atoms with Crippen molar-refractivity contribution in [3.05, 3.63) is 58.6 Å². The lowest BCUT2D eigenvalue weighted by atomic mass is 10.1. The van der Waals surface area contributed by atoms with Crippen LogP contribution in [0.15, 0.2) is 47.0 Å². The third-order valence-electron chi connectivity index (χ3n) is 3.90. The maximum Gasteiger partial charge on any atom is 0.282 e. The number of halogens is 1. The van der Waals surface area contributed by atoms with Crippen molar-refractivity contribution in [3.63, 3.8) is 0 Å². The van der Waals surface area contributed by atoms with E-state index in [1.165, 1.54) is 0 Å². The van der Waals surface area contributed by atoms with Gasteiger partial charge in [-0.25, -0.2) is 0 Å². The average Bonchev–Trinajstić information content (AvgIpc) is 3.21. The molecule has 0 aliphatic heterocycles. The molecule has 4 rings (SSSR count). The molecule has 2 heterocycles. The molecule has 2 aromatic heterocycles. The predicted octanol–water partition coefficient (Wildman–Crippen LogP) is 3.84. The fourth-order valence-electron chi connectivity index (χ4n) is 2.78. The van der Waals surface area contributed by atoms with Crippen LogP contribution in [-0.2, 0) is 0 Å². The van der Waals surface area contributed by atoms with Crippen LogP contribution in [0.25, 0.3) is 28.7 Å². The number of nitrogen functional groups attached to an aromatic ring is 1. The molecule has 4 aromatic rings. The summed E-state index contributed by atoms with van der Waals surface area (Å²) >= 11 is 6.18. The van der Waals surface area contributed by atoms with Gasteiger partial charge in [-0.2, -0.15) is 9.67 Å². The van der Waals surface area contributed by atoms with Crippen LogP contribution in [0.2, 0.25) is 5.02 Å². The van der Waals surface area contributed by atoms with Crippen LogP contribution in [-0.4, -0.2) is 25.1 Å². The number of hydrogen-bond donors (Lipinski definition) is 1. The molecule has 26 heavy (non-hydrogen) atoms. The van der Waals surface area contributed by atoms with Crippen LogP contribution in [0, 0.1) is 13.8 Å². The first kappa shape index (κ1) is 16.3. The van der Waals surface area contributed by atoms with Gasteiger partial charge < -0.3 is 10.3 Å². The zero-order valence-electron chi connectivity index (χ0n) is 14.1. The molecule has 0 aliphatic carbocycles. The van der Waals surface area contributed by atoms with Gasteiger partial charge in [0.1, 0.15) is 0 Å². The maximum absolute atomic E-state index is 6.23. The summed E-state index contributed by atoms with van der Waals surface area (Å²) in [6.45, 7) is 4.02. The Morgan fingerprint density at radius 1 is 1.08 bits per heavy atom. The van der Waals surface area contributed by atoms with Gasteiger partial charge in [0.2, 0.25) is 5.82 Å². The number of nitrogens with zero attached hydrogens (tertiary/aromatic N) is 5. The lowest BCUT2D eigenvalue weighted by molar-refractivity contribution is 0.431. The van der Waals surface area contributed by atoms with Gasteiger partial charge in [0.25, 0.3) is 5.89 Å². The standard InChI is InChI=1S/C18H15ClN6O/c1-10-7-11(2)9-12(8-10)25-16(20)15(22-24-25)18-21-17(23-26-18)13-5-3-4-6-14(13)19/h3-9H,20H2,1-2H3. The minimum Gasteiger partial charge on any atom is -0.382 e. The smallest absolute Gasteiger partial charge is 0.282 e. The number of hydrogen-bond acceptors (Lipinski definition) is 6.